The van der Waals surface area contributed by atoms with E-state index in [4.69, 9.17) is 0 Å². The molecule has 0 bridgehead atoms. The number of nitrogens with one attached hydrogen (secondary N) is 2. The van der Waals surface area contributed by atoms with Crippen LogP contribution in [0.4, 0.5) is 0 Å². The minimum absolute atomic E-state index is 0.491. The van der Waals surface area contributed by atoms with Crippen molar-refractivity contribution in [2.75, 3.05) is 53.4 Å². The summed E-state index contributed by atoms with van der Waals surface area (Å²) in [6.07, 6.45) is 7.80. The van der Waals surface area contributed by atoms with Gasteiger partial charge >= 0.3 is 0 Å². The summed E-state index contributed by atoms with van der Waals surface area (Å²) >= 11 is 0. The molecule has 1 rings (SSSR count). The monoisotopic (exact) mass is 325 g/mol. The van der Waals surface area contributed by atoms with Crippen molar-refractivity contribution in [3.05, 3.63) is 0 Å². The normalized spacial score (nSPS) is 19.4. The van der Waals surface area contributed by atoms with Crippen molar-refractivity contribution in [3.63, 3.8) is 0 Å². The molecule has 136 valence electrons. The van der Waals surface area contributed by atoms with Crippen molar-refractivity contribution in [1.29, 1.82) is 0 Å². The molecule has 1 unspecified atom stereocenters. The Morgan fingerprint density at radius 2 is 1.96 bits per heavy atom. The van der Waals surface area contributed by atoms with E-state index in [9.17, 15) is 0 Å². The number of hydrogen-bond acceptors (Lipinski definition) is 3. The molecule has 1 atom stereocenters. The Labute approximate surface area is 143 Å². The maximum atomic E-state index is 4.35. The van der Waals surface area contributed by atoms with Gasteiger partial charge in [0.05, 0.1) is 0 Å². The second kappa shape index (κ2) is 12.6. The van der Waals surface area contributed by atoms with Gasteiger partial charge in [0, 0.05) is 39.3 Å². The summed E-state index contributed by atoms with van der Waals surface area (Å²) in [5, 5.41) is 6.98. The molecule has 1 aliphatic rings. The fraction of sp³-hybridized carbons (Fsp3) is 0.944. The molecule has 23 heavy (non-hydrogen) atoms. The van der Waals surface area contributed by atoms with E-state index in [0.717, 1.165) is 19.0 Å². The molecule has 1 fully saturated rings. The average molecular weight is 326 g/mol. The first-order valence-electron chi connectivity index (χ1n) is 9.53. The van der Waals surface area contributed by atoms with Crippen LogP contribution in [0.5, 0.6) is 0 Å². The summed E-state index contributed by atoms with van der Waals surface area (Å²) < 4.78 is 0. The third-order valence-electron chi connectivity index (χ3n) is 4.63. The highest BCUT2D eigenvalue weighted by molar-refractivity contribution is 5.79. The third kappa shape index (κ3) is 9.82. The zero-order valence-corrected chi connectivity index (χ0v) is 15.9. The van der Waals surface area contributed by atoms with E-state index in [0.29, 0.717) is 6.04 Å². The zero-order chi connectivity index (χ0) is 16.9. The molecule has 2 N–H and O–H groups in total. The lowest BCUT2D eigenvalue weighted by Crippen LogP contribution is -2.45. The van der Waals surface area contributed by atoms with Crippen molar-refractivity contribution in [1.82, 2.24) is 20.4 Å². The predicted molar refractivity (Wildman–Crippen MR) is 101 cm³/mol. The summed E-state index contributed by atoms with van der Waals surface area (Å²) in [6, 6.07) is 0.491. The highest BCUT2D eigenvalue weighted by atomic mass is 15.2. The SMILES string of the molecule is CCCCCCC(C)NC(=NC)NCCN1CCCN(C)CC1. The van der Waals surface area contributed by atoms with Gasteiger partial charge in [-0.3, -0.25) is 4.99 Å². The summed E-state index contributed by atoms with van der Waals surface area (Å²) in [4.78, 5) is 9.33. The molecule has 0 saturated carbocycles. The van der Waals surface area contributed by atoms with Gasteiger partial charge in [0.15, 0.2) is 5.96 Å². The average Bonchev–Trinajstić information content (AvgIpc) is 2.75. The molecule has 0 aliphatic carbocycles. The van der Waals surface area contributed by atoms with E-state index in [1.807, 2.05) is 7.05 Å². The molecule has 0 amide bonds. The molecule has 0 aromatic heterocycles. The molecule has 0 spiro atoms. The van der Waals surface area contributed by atoms with Crippen LogP contribution in [0.15, 0.2) is 4.99 Å². The number of likely N-dealkylation sites (N-methyl/N-ethyl adjacent to an activating group) is 1. The van der Waals surface area contributed by atoms with Crippen LogP contribution in [0.1, 0.15) is 52.4 Å². The number of unbranched alkanes of at least 4 members (excludes halogenated alkanes) is 3. The minimum atomic E-state index is 0.491. The first-order valence-corrected chi connectivity index (χ1v) is 9.53. The van der Waals surface area contributed by atoms with E-state index in [-0.39, 0.29) is 0 Å². The highest BCUT2D eigenvalue weighted by Crippen LogP contribution is 2.05. The van der Waals surface area contributed by atoms with Gasteiger partial charge in [0.2, 0.25) is 0 Å². The smallest absolute Gasteiger partial charge is 0.191 e. The van der Waals surface area contributed by atoms with Gasteiger partial charge in [-0.1, -0.05) is 32.6 Å². The van der Waals surface area contributed by atoms with Crippen LogP contribution >= 0.6 is 0 Å². The molecule has 5 heteroatoms. The van der Waals surface area contributed by atoms with Crippen LogP contribution in [0.25, 0.3) is 0 Å². The molecule has 0 aromatic carbocycles. The van der Waals surface area contributed by atoms with Gasteiger partial charge in [-0.2, -0.15) is 0 Å². The van der Waals surface area contributed by atoms with Crippen molar-refractivity contribution < 1.29 is 0 Å². The fourth-order valence-electron chi connectivity index (χ4n) is 3.03. The maximum absolute atomic E-state index is 4.35. The van der Waals surface area contributed by atoms with E-state index in [1.54, 1.807) is 0 Å². The largest absolute Gasteiger partial charge is 0.355 e. The van der Waals surface area contributed by atoms with Crippen LogP contribution in [-0.4, -0.2) is 75.2 Å². The third-order valence-corrected chi connectivity index (χ3v) is 4.63. The Hall–Kier alpha value is -0.810. The van der Waals surface area contributed by atoms with E-state index < -0.39 is 0 Å². The Kier molecular flexibility index (Phi) is 11.1. The molecule has 1 saturated heterocycles. The number of hydrogen-bond donors (Lipinski definition) is 2. The Morgan fingerprint density at radius 1 is 1.13 bits per heavy atom. The quantitative estimate of drug-likeness (QED) is 0.387. The lowest BCUT2D eigenvalue weighted by Gasteiger charge is -2.22. The molecule has 0 radical (unpaired) electrons. The van der Waals surface area contributed by atoms with Gasteiger partial charge in [-0.15, -0.1) is 0 Å². The van der Waals surface area contributed by atoms with Gasteiger partial charge < -0.3 is 20.4 Å². The van der Waals surface area contributed by atoms with E-state index in [2.05, 4.69) is 46.3 Å². The summed E-state index contributed by atoms with van der Waals surface area (Å²) in [5.41, 5.74) is 0. The lowest BCUT2D eigenvalue weighted by atomic mass is 10.1. The van der Waals surface area contributed by atoms with Crippen molar-refractivity contribution in [2.45, 2.75) is 58.4 Å². The van der Waals surface area contributed by atoms with Crippen LogP contribution in [0, 0.1) is 0 Å². The second-order valence-corrected chi connectivity index (χ2v) is 6.89. The molecular formula is C18H39N5. The van der Waals surface area contributed by atoms with Gasteiger partial charge in [0.25, 0.3) is 0 Å². The number of guanidine groups is 1. The fourth-order valence-corrected chi connectivity index (χ4v) is 3.03. The van der Waals surface area contributed by atoms with Gasteiger partial charge in [0.1, 0.15) is 0 Å². The summed E-state index contributed by atoms with van der Waals surface area (Å²) in [6.45, 7) is 11.4. The first-order chi connectivity index (χ1) is 11.2. The predicted octanol–water partition coefficient (Wildman–Crippen LogP) is 2.15. The van der Waals surface area contributed by atoms with Crippen LogP contribution in [-0.2, 0) is 0 Å². The highest BCUT2D eigenvalue weighted by Gasteiger charge is 2.11. The summed E-state index contributed by atoms with van der Waals surface area (Å²) in [7, 11) is 4.08. The lowest BCUT2D eigenvalue weighted by molar-refractivity contribution is 0.279. The minimum Gasteiger partial charge on any atom is -0.355 e. The topological polar surface area (TPSA) is 42.9 Å². The van der Waals surface area contributed by atoms with Crippen LogP contribution in [0.2, 0.25) is 0 Å². The second-order valence-electron chi connectivity index (χ2n) is 6.89. The standard InChI is InChI=1S/C18H39N5/c1-5-6-7-8-10-17(2)21-18(19-3)20-11-14-23-13-9-12-22(4)15-16-23/h17H,5-16H2,1-4H3,(H2,19,20,21). The molecule has 5 nitrogen and oxygen atoms in total. The van der Waals surface area contributed by atoms with Crippen LogP contribution in [0.3, 0.4) is 0 Å². The number of rotatable bonds is 9. The molecule has 1 aliphatic heterocycles. The molecular weight excluding hydrogens is 286 g/mol. The van der Waals surface area contributed by atoms with Gasteiger partial charge in [-0.05, 0) is 39.9 Å². The molecule has 0 aromatic rings. The van der Waals surface area contributed by atoms with Gasteiger partial charge in [-0.25, -0.2) is 0 Å². The van der Waals surface area contributed by atoms with E-state index >= 15 is 0 Å². The Bertz CT molecular complexity index is 319. The number of nitrogens with zero attached hydrogens (tertiary/aromatic N) is 3. The molecule has 1 heterocycles. The first kappa shape index (κ1) is 20.2. The Balaban J connectivity index is 2.15. The summed E-state index contributed by atoms with van der Waals surface area (Å²) in [5.74, 6) is 0.944. The zero-order valence-electron chi connectivity index (χ0n) is 15.9. The Morgan fingerprint density at radius 3 is 2.70 bits per heavy atom. The van der Waals surface area contributed by atoms with Crippen molar-refractivity contribution >= 4 is 5.96 Å². The maximum Gasteiger partial charge on any atom is 0.191 e. The van der Waals surface area contributed by atoms with Crippen LogP contribution < -0.4 is 10.6 Å². The van der Waals surface area contributed by atoms with Crippen molar-refractivity contribution in [2.24, 2.45) is 4.99 Å². The number of aliphatic imine (C=N–C) groups is 1. The van der Waals surface area contributed by atoms with Crippen molar-refractivity contribution in [3.8, 4) is 0 Å². The van der Waals surface area contributed by atoms with E-state index in [1.165, 1.54) is 64.7 Å².